The van der Waals surface area contributed by atoms with Crippen molar-refractivity contribution < 1.29 is 9.90 Å². The highest BCUT2D eigenvalue weighted by Crippen LogP contribution is 2.31. The summed E-state index contributed by atoms with van der Waals surface area (Å²) in [5, 5.41) is 24.0. The molecule has 1 aromatic carbocycles. The van der Waals surface area contributed by atoms with E-state index in [1.54, 1.807) is 6.07 Å². The monoisotopic (exact) mass is 416 g/mol. The van der Waals surface area contributed by atoms with Gasteiger partial charge in [0.05, 0.1) is 29.9 Å². The molecule has 0 bridgehead atoms. The van der Waals surface area contributed by atoms with E-state index < -0.39 is 6.03 Å². The Bertz CT molecular complexity index is 836. The van der Waals surface area contributed by atoms with Crippen LogP contribution < -0.4 is 15.5 Å². The van der Waals surface area contributed by atoms with Crippen LogP contribution in [0.5, 0.6) is 0 Å². The topological polar surface area (TPSA) is 114 Å². The van der Waals surface area contributed by atoms with Crippen molar-refractivity contribution in [3.63, 3.8) is 0 Å². The first-order valence-corrected chi connectivity index (χ1v) is 8.87. The number of aliphatic hydroxyl groups is 1. The largest absolute Gasteiger partial charge is 0.391 e. The second kappa shape index (κ2) is 8.12. The Balaban J connectivity index is 1.74. The minimum absolute atomic E-state index is 0.175. The molecule has 134 valence electrons. The van der Waals surface area contributed by atoms with Crippen molar-refractivity contribution in [2.75, 3.05) is 28.6 Å². The number of piperidine rings is 1. The molecule has 0 spiro atoms. The molecule has 2 amide bonds. The van der Waals surface area contributed by atoms with Gasteiger partial charge >= 0.3 is 6.03 Å². The molecule has 1 aromatic heterocycles. The van der Waals surface area contributed by atoms with Crippen LogP contribution in [-0.4, -0.2) is 40.3 Å². The molecule has 1 fully saturated rings. The number of anilines is 3. The third-order valence-electron chi connectivity index (χ3n) is 3.95. The number of nitrogens with one attached hydrogen (secondary N) is 2. The third kappa shape index (κ3) is 4.47. The van der Waals surface area contributed by atoms with Gasteiger partial charge < -0.3 is 15.3 Å². The van der Waals surface area contributed by atoms with Crippen molar-refractivity contribution in [3.05, 3.63) is 40.8 Å². The van der Waals surface area contributed by atoms with Gasteiger partial charge in [0, 0.05) is 17.6 Å². The van der Waals surface area contributed by atoms with E-state index in [0.29, 0.717) is 12.2 Å². The van der Waals surface area contributed by atoms with E-state index in [9.17, 15) is 9.90 Å². The second-order valence-corrected chi connectivity index (χ2v) is 6.80. The highest BCUT2D eigenvalue weighted by atomic mass is 79.9. The Morgan fingerprint density at radius 3 is 2.88 bits per heavy atom. The summed E-state index contributed by atoms with van der Waals surface area (Å²) in [4.78, 5) is 22.2. The molecule has 9 heteroatoms. The molecule has 26 heavy (non-hydrogen) atoms. The predicted molar refractivity (Wildman–Crippen MR) is 101 cm³/mol. The molecular formula is C17H17BrN6O2. The van der Waals surface area contributed by atoms with Gasteiger partial charge in [-0.25, -0.2) is 14.8 Å². The Kier molecular flexibility index (Phi) is 5.65. The Hall–Kier alpha value is -2.70. The summed E-state index contributed by atoms with van der Waals surface area (Å²) in [6.07, 6.45) is 3.91. The number of hydrogen-bond donors (Lipinski definition) is 3. The molecule has 1 atom stereocenters. The third-order valence-corrected chi connectivity index (χ3v) is 4.45. The average Bonchev–Trinajstić information content (AvgIpc) is 2.62. The van der Waals surface area contributed by atoms with Crippen molar-refractivity contribution in [1.82, 2.24) is 9.97 Å². The van der Waals surface area contributed by atoms with Gasteiger partial charge in [0.15, 0.2) is 11.5 Å². The minimum Gasteiger partial charge on any atom is -0.391 e. The first-order valence-electron chi connectivity index (χ1n) is 8.08. The zero-order chi connectivity index (χ0) is 18.5. The van der Waals surface area contributed by atoms with Crippen LogP contribution in [0, 0.1) is 11.3 Å². The number of carbonyl (C=O) groups excluding carboxylic acids is 1. The molecule has 1 aliphatic heterocycles. The van der Waals surface area contributed by atoms with Gasteiger partial charge in [-0.05, 0) is 31.0 Å². The average molecular weight is 417 g/mol. The fraction of sp³-hybridized carbons (Fsp3) is 0.294. The van der Waals surface area contributed by atoms with Crippen molar-refractivity contribution in [1.29, 1.82) is 5.26 Å². The summed E-state index contributed by atoms with van der Waals surface area (Å²) in [6, 6.07) is 7.00. The molecule has 1 saturated heterocycles. The summed E-state index contributed by atoms with van der Waals surface area (Å²) < 4.78 is 0.826. The van der Waals surface area contributed by atoms with Gasteiger partial charge in [0.25, 0.3) is 0 Å². The maximum absolute atomic E-state index is 12.3. The van der Waals surface area contributed by atoms with Crippen molar-refractivity contribution in [2.45, 2.75) is 18.9 Å². The molecular weight excluding hydrogens is 400 g/mol. The molecule has 3 rings (SSSR count). The first-order chi connectivity index (χ1) is 12.5. The van der Waals surface area contributed by atoms with Crippen LogP contribution in [0.25, 0.3) is 0 Å². The number of β-amino-alcohol motifs (C(OH)–C–C–N with tert-alkyl or cyclic N) is 1. The maximum atomic E-state index is 12.3. The Labute approximate surface area is 159 Å². The summed E-state index contributed by atoms with van der Waals surface area (Å²) >= 11 is 3.41. The fourth-order valence-corrected chi connectivity index (χ4v) is 3.14. The molecule has 0 radical (unpaired) electrons. The van der Waals surface area contributed by atoms with E-state index >= 15 is 0 Å². The molecule has 3 N–H and O–H groups in total. The number of halogens is 1. The molecule has 0 aliphatic carbocycles. The number of rotatable bonds is 3. The van der Waals surface area contributed by atoms with Gasteiger partial charge in [-0.2, -0.15) is 5.26 Å². The summed E-state index contributed by atoms with van der Waals surface area (Å²) in [7, 11) is 0. The number of carbonyl (C=O) groups is 1. The SMILES string of the molecule is N#Cc1cnc(NC(=O)Nc2cc(Br)ccc2N2CCC[C@@H](O)C2)cn1. The van der Waals surface area contributed by atoms with E-state index in [4.69, 9.17) is 5.26 Å². The van der Waals surface area contributed by atoms with Gasteiger partial charge in [-0.3, -0.25) is 5.32 Å². The lowest BCUT2D eigenvalue weighted by Crippen LogP contribution is -2.38. The number of aliphatic hydroxyl groups excluding tert-OH is 1. The molecule has 8 nitrogen and oxygen atoms in total. The molecule has 2 heterocycles. The fourth-order valence-electron chi connectivity index (χ4n) is 2.78. The van der Waals surface area contributed by atoms with Crippen LogP contribution in [0.1, 0.15) is 18.5 Å². The number of nitrogens with zero attached hydrogens (tertiary/aromatic N) is 4. The molecule has 2 aromatic rings. The number of amides is 2. The van der Waals surface area contributed by atoms with E-state index in [1.165, 1.54) is 12.4 Å². The van der Waals surface area contributed by atoms with Crippen molar-refractivity contribution in [3.8, 4) is 6.07 Å². The number of aromatic nitrogens is 2. The number of benzene rings is 1. The normalized spacial score (nSPS) is 16.7. The summed E-state index contributed by atoms with van der Waals surface area (Å²) in [5.74, 6) is 0.242. The highest BCUT2D eigenvalue weighted by Gasteiger charge is 2.21. The molecule has 0 unspecified atom stereocenters. The van der Waals surface area contributed by atoms with Crippen LogP contribution in [-0.2, 0) is 0 Å². The van der Waals surface area contributed by atoms with Gasteiger partial charge in [-0.15, -0.1) is 0 Å². The predicted octanol–water partition coefficient (Wildman–Crippen LogP) is 2.72. The lowest BCUT2D eigenvalue weighted by Gasteiger charge is -2.33. The number of urea groups is 1. The zero-order valence-corrected chi connectivity index (χ0v) is 15.4. The lowest BCUT2D eigenvalue weighted by atomic mass is 10.1. The van der Waals surface area contributed by atoms with E-state index in [2.05, 4.69) is 41.4 Å². The quantitative estimate of drug-likeness (QED) is 0.708. The number of hydrogen-bond acceptors (Lipinski definition) is 6. The standard InChI is InChI=1S/C17H17BrN6O2/c18-11-3-4-15(24-5-1-2-13(25)10-24)14(6-11)22-17(26)23-16-9-20-12(7-19)8-21-16/h3-4,6,8-9,13,25H,1-2,5,10H2,(H2,21,22,23,26)/t13-/m1/s1. The van der Waals surface area contributed by atoms with E-state index in [1.807, 2.05) is 18.2 Å². The molecule has 0 saturated carbocycles. The molecule has 1 aliphatic rings. The van der Waals surface area contributed by atoms with Crippen LogP contribution in [0.4, 0.5) is 22.0 Å². The number of nitriles is 1. The van der Waals surface area contributed by atoms with E-state index in [0.717, 1.165) is 29.5 Å². The smallest absolute Gasteiger partial charge is 0.324 e. The highest BCUT2D eigenvalue weighted by molar-refractivity contribution is 9.10. The van der Waals surface area contributed by atoms with Gasteiger partial charge in [0.2, 0.25) is 0 Å². The summed E-state index contributed by atoms with van der Waals surface area (Å²) in [6.45, 7) is 1.34. The van der Waals surface area contributed by atoms with Crippen LogP contribution in [0.3, 0.4) is 0 Å². The zero-order valence-electron chi connectivity index (χ0n) is 13.8. The van der Waals surface area contributed by atoms with Crippen LogP contribution >= 0.6 is 15.9 Å². The van der Waals surface area contributed by atoms with Crippen LogP contribution in [0.15, 0.2) is 35.1 Å². The Morgan fingerprint density at radius 1 is 1.35 bits per heavy atom. The maximum Gasteiger partial charge on any atom is 0.324 e. The lowest BCUT2D eigenvalue weighted by molar-refractivity contribution is 0.154. The van der Waals surface area contributed by atoms with Crippen molar-refractivity contribution in [2.24, 2.45) is 0 Å². The minimum atomic E-state index is -0.471. The second-order valence-electron chi connectivity index (χ2n) is 5.88. The van der Waals surface area contributed by atoms with Crippen molar-refractivity contribution >= 4 is 39.2 Å². The first kappa shape index (κ1) is 18.1. The Morgan fingerprint density at radius 2 is 2.19 bits per heavy atom. The van der Waals surface area contributed by atoms with E-state index in [-0.39, 0.29) is 17.6 Å². The summed E-state index contributed by atoms with van der Waals surface area (Å²) in [5.41, 5.74) is 1.63. The van der Waals surface area contributed by atoms with Gasteiger partial charge in [0.1, 0.15) is 6.07 Å². The van der Waals surface area contributed by atoms with Crippen LogP contribution in [0.2, 0.25) is 0 Å². The van der Waals surface area contributed by atoms with Gasteiger partial charge in [-0.1, -0.05) is 15.9 Å².